The molecule has 0 spiro atoms. The van der Waals surface area contributed by atoms with Crippen LogP contribution in [0.25, 0.3) is 11.3 Å². The van der Waals surface area contributed by atoms with Gasteiger partial charge < -0.3 is 4.98 Å². The van der Waals surface area contributed by atoms with Crippen LogP contribution < -0.4 is 0 Å². The topological polar surface area (TPSA) is 32.9 Å². The Hall–Kier alpha value is -1.83. The minimum absolute atomic E-state index is 0.210. The van der Waals surface area contributed by atoms with E-state index in [-0.39, 0.29) is 5.78 Å². The Labute approximate surface area is 108 Å². The van der Waals surface area contributed by atoms with E-state index in [1.165, 1.54) is 5.56 Å². The first kappa shape index (κ1) is 12.6. The average Bonchev–Trinajstić information content (AvgIpc) is 2.82. The minimum Gasteiger partial charge on any atom is -0.358 e. The summed E-state index contributed by atoms with van der Waals surface area (Å²) >= 11 is 0. The van der Waals surface area contributed by atoms with Crippen molar-refractivity contribution in [2.75, 3.05) is 0 Å². The fourth-order valence-electron chi connectivity index (χ4n) is 2.10. The molecule has 2 rings (SSSR count). The second-order valence-corrected chi connectivity index (χ2v) is 4.57. The maximum atomic E-state index is 11.9. The van der Waals surface area contributed by atoms with Gasteiger partial charge >= 0.3 is 0 Å². The van der Waals surface area contributed by atoms with Crippen molar-refractivity contribution in [1.82, 2.24) is 4.98 Å². The highest BCUT2D eigenvalue weighted by atomic mass is 16.1. The predicted molar refractivity (Wildman–Crippen MR) is 75.0 cm³/mol. The number of H-pyrrole nitrogens is 1. The van der Waals surface area contributed by atoms with E-state index in [4.69, 9.17) is 0 Å². The quantitative estimate of drug-likeness (QED) is 0.801. The first-order valence-corrected chi connectivity index (χ1v) is 6.47. The van der Waals surface area contributed by atoms with Crippen LogP contribution in [0.1, 0.15) is 41.9 Å². The molecule has 1 aromatic heterocycles. The molecule has 18 heavy (non-hydrogen) atoms. The van der Waals surface area contributed by atoms with E-state index < -0.39 is 0 Å². The average molecular weight is 241 g/mol. The normalized spacial score (nSPS) is 10.6. The number of Topliss-reactive ketones (excluding diaryl/α,β-unsaturated/α-hetero) is 1. The number of aromatic nitrogens is 1. The van der Waals surface area contributed by atoms with Crippen LogP contribution in [-0.2, 0) is 6.42 Å². The molecule has 1 N–H and O–H groups in total. The van der Waals surface area contributed by atoms with Gasteiger partial charge in [0.15, 0.2) is 5.78 Å². The zero-order chi connectivity index (χ0) is 13.1. The van der Waals surface area contributed by atoms with Gasteiger partial charge in [-0.1, -0.05) is 43.7 Å². The lowest BCUT2D eigenvalue weighted by Gasteiger charge is -1.98. The number of rotatable bonds is 4. The van der Waals surface area contributed by atoms with E-state index >= 15 is 0 Å². The molecule has 2 nitrogen and oxygen atoms in total. The summed E-state index contributed by atoms with van der Waals surface area (Å²) in [5, 5.41) is 0. The maximum absolute atomic E-state index is 11.9. The van der Waals surface area contributed by atoms with E-state index in [0.717, 1.165) is 28.9 Å². The third-order valence-corrected chi connectivity index (χ3v) is 3.24. The summed E-state index contributed by atoms with van der Waals surface area (Å²) in [4.78, 5) is 15.2. The third-order valence-electron chi connectivity index (χ3n) is 3.24. The molecule has 94 valence electrons. The number of nitrogens with one attached hydrogen (secondary N) is 1. The molecule has 0 aliphatic heterocycles. The van der Waals surface area contributed by atoms with Crippen LogP contribution in [0.3, 0.4) is 0 Å². The summed E-state index contributed by atoms with van der Waals surface area (Å²) in [6, 6.07) is 10.3. The zero-order valence-corrected chi connectivity index (χ0v) is 11.2. The van der Waals surface area contributed by atoms with Gasteiger partial charge in [-0.3, -0.25) is 4.79 Å². The Balaban J connectivity index is 2.43. The van der Waals surface area contributed by atoms with Crippen LogP contribution in [0, 0.1) is 6.92 Å². The Bertz CT molecular complexity index is 549. The molecule has 0 unspecified atom stereocenters. The lowest BCUT2D eigenvalue weighted by molar-refractivity contribution is 0.0987. The summed E-state index contributed by atoms with van der Waals surface area (Å²) in [6.45, 7) is 6.04. The summed E-state index contributed by atoms with van der Waals surface area (Å²) in [5.41, 5.74) is 5.29. The second-order valence-electron chi connectivity index (χ2n) is 4.57. The molecule has 1 heterocycles. The maximum Gasteiger partial charge on any atom is 0.164 e. The molecule has 0 saturated heterocycles. The molecular weight excluding hydrogens is 222 g/mol. The molecule has 0 radical (unpaired) electrons. The number of carbonyl (C=O) groups is 1. The molecule has 1 aromatic carbocycles. The fraction of sp³-hybridized carbons (Fsp3) is 0.312. The molecular formula is C16H19NO. The molecule has 0 bridgehead atoms. The van der Waals surface area contributed by atoms with Crippen molar-refractivity contribution in [1.29, 1.82) is 0 Å². The van der Waals surface area contributed by atoms with Gasteiger partial charge in [-0.15, -0.1) is 0 Å². The van der Waals surface area contributed by atoms with Crippen molar-refractivity contribution < 1.29 is 4.79 Å². The van der Waals surface area contributed by atoms with Crippen LogP contribution in [0.15, 0.2) is 30.3 Å². The highest BCUT2D eigenvalue weighted by molar-refractivity contribution is 5.98. The van der Waals surface area contributed by atoms with E-state index in [9.17, 15) is 4.79 Å². The van der Waals surface area contributed by atoms with Crippen molar-refractivity contribution in [3.8, 4) is 11.3 Å². The molecule has 0 aliphatic rings. The van der Waals surface area contributed by atoms with E-state index in [2.05, 4.69) is 43.1 Å². The Morgan fingerprint density at radius 2 is 1.83 bits per heavy atom. The lowest BCUT2D eigenvalue weighted by atomic mass is 10.1. The second kappa shape index (κ2) is 5.21. The van der Waals surface area contributed by atoms with E-state index in [0.29, 0.717) is 6.42 Å². The van der Waals surface area contributed by atoms with Gasteiger partial charge in [-0.05, 0) is 25.0 Å². The van der Waals surface area contributed by atoms with Gasteiger partial charge in [-0.2, -0.15) is 0 Å². The predicted octanol–water partition coefficient (Wildman–Crippen LogP) is 4.15. The molecule has 0 saturated carbocycles. The van der Waals surface area contributed by atoms with Gasteiger partial charge in [-0.25, -0.2) is 0 Å². The smallest absolute Gasteiger partial charge is 0.164 e. The van der Waals surface area contributed by atoms with Crippen molar-refractivity contribution in [3.63, 3.8) is 0 Å². The van der Waals surface area contributed by atoms with E-state index in [1.807, 2.05) is 13.0 Å². The van der Waals surface area contributed by atoms with Crippen molar-refractivity contribution in [2.45, 2.75) is 33.6 Å². The van der Waals surface area contributed by atoms with Gasteiger partial charge in [0.2, 0.25) is 0 Å². The zero-order valence-electron chi connectivity index (χ0n) is 11.2. The Morgan fingerprint density at radius 1 is 1.17 bits per heavy atom. The van der Waals surface area contributed by atoms with Crippen molar-refractivity contribution in [3.05, 3.63) is 47.2 Å². The highest BCUT2D eigenvalue weighted by Gasteiger charge is 2.13. The first-order chi connectivity index (χ1) is 8.65. The SMILES string of the molecule is CCC(=O)c1cc(-c2ccc(C)cc2)[nH]c1CC. The lowest BCUT2D eigenvalue weighted by Crippen LogP contribution is -1.98. The third kappa shape index (κ3) is 2.37. The number of aromatic amines is 1. The molecule has 2 aromatic rings. The van der Waals surface area contributed by atoms with E-state index in [1.54, 1.807) is 0 Å². The fourth-order valence-corrected chi connectivity index (χ4v) is 2.10. The van der Waals surface area contributed by atoms with Crippen LogP contribution in [0.4, 0.5) is 0 Å². The van der Waals surface area contributed by atoms with Crippen molar-refractivity contribution in [2.24, 2.45) is 0 Å². The van der Waals surface area contributed by atoms with Crippen molar-refractivity contribution >= 4 is 5.78 Å². The Morgan fingerprint density at radius 3 is 2.39 bits per heavy atom. The number of benzene rings is 1. The number of hydrogen-bond acceptors (Lipinski definition) is 1. The van der Waals surface area contributed by atoms with Crippen LogP contribution in [0.5, 0.6) is 0 Å². The standard InChI is InChI=1S/C16H19NO/c1-4-14-13(16(18)5-2)10-15(17-14)12-8-6-11(3)7-9-12/h6-10,17H,4-5H2,1-3H3. The largest absolute Gasteiger partial charge is 0.358 e. The van der Waals surface area contributed by atoms with Crippen LogP contribution >= 0.6 is 0 Å². The highest BCUT2D eigenvalue weighted by Crippen LogP contribution is 2.23. The number of ketones is 1. The summed E-state index contributed by atoms with van der Waals surface area (Å²) in [7, 11) is 0. The van der Waals surface area contributed by atoms with Gasteiger partial charge in [0, 0.05) is 23.4 Å². The monoisotopic (exact) mass is 241 g/mol. The van der Waals surface area contributed by atoms with Crippen LogP contribution in [-0.4, -0.2) is 10.8 Å². The summed E-state index contributed by atoms with van der Waals surface area (Å²) in [5.74, 6) is 0.210. The summed E-state index contributed by atoms with van der Waals surface area (Å²) in [6.07, 6.45) is 1.41. The molecule has 0 fully saturated rings. The van der Waals surface area contributed by atoms with Gasteiger partial charge in [0.25, 0.3) is 0 Å². The molecule has 0 aliphatic carbocycles. The molecule has 0 amide bonds. The number of aryl methyl sites for hydroxylation is 2. The number of hydrogen-bond donors (Lipinski definition) is 1. The first-order valence-electron chi connectivity index (χ1n) is 6.47. The van der Waals surface area contributed by atoms with Gasteiger partial charge in [0.05, 0.1) is 0 Å². The van der Waals surface area contributed by atoms with Gasteiger partial charge in [0.1, 0.15) is 0 Å². The number of carbonyl (C=O) groups excluding carboxylic acids is 1. The Kier molecular flexibility index (Phi) is 3.66. The molecule has 0 atom stereocenters. The molecule has 2 heteroatoms. The minimum atomic E-state index is 0.210. The van der Waals surface area contributed by atoms with Crippen LogP contribution in [0.2, 0.25) is 0 Å². The summed E-state index contributed by atoms with van der Waals surface area (Å²) < 4.78 is 0.